The molecule has 0 spiro atoms. The Morgan fingerprint density at radius 1 is 0.228 bits per heavy atom. The number of aryl methyl sites for hydroxylation is 2. The lowest BCUT2D eigenvalue weighted by molar-refractivity contribution is -0.636. The second-order valence-corrected chi connectivity index (χ2v) is 26.1. The SMILES string of the molecule is CCCCCCCCCCCCCCCCCCc1ccc([I+]c2ccc(CCCCCCCCCCCCCCCCCC)o2)o1.Fc1c(F)c(F)c([B-](c2c(F)c(F)c(F)c(F)c2F)(c2c(F)c(F)c(F)c(F)c2F)c2c(F)c(F)c(F)c(F)c2F)c(F)c1F. The summed E-state index contributed by atoms with van der Waals surface area (Å²) < 4.78 is 309. The van der Waals surface area contributed by atoms with Crippen LogP contribution in [0, 0.1) is 124 Å². The lowest BCUT2D eigenvalue weighted by atomic mass is 9.12. The van der Waals surface area contributed by atoms with Crippen LogP contribution in [-0.4, -0.2) is 6.15 Å². The second-order valence-electron chi connectivity index (χ2n) is 23.4. The van der Waals surface area contributed by atoms with Gasteiger partial charge in [0.25, 0.3) is 0 Å². The molecule has 2 heterocycles. The van der Waals surface area contributed by atoms with Gasteiger partial charge in [-0.05, 0) is 25.0 Å². The van der Waals surface area contributed by atoms with Crippen LogP contribution in [0.4, 0.5) is 87.8 Å². The van der Waals surface area contributed by atoms with Crippen LogP contribution >= 0.6 is 0 Å². The molecule has 24 heteroatoms. The van der Waals surface area contributed by atoms with E-state index < -0.39 is 144 Å². The van der Waals surface area contributed by atoms with Crippen molar-refractivity contribution in [1.29, 1.82) is 0 Å². The molecule has 2 aromatic heterocycles. The zero-order chi connectivity index (χ0) is 67.7. The Labute approximate surface area is 535 Å². The highest BCUT2D eigenvalue weighted by molar-refractivity contribution is 7.20. The van der Waals surface area contributed by atoms with Gasteiger partial charge in [-0.3, -0.25) is 0 Å². The fourth-order valence-electron chi connectivity index (χ4n) is 11.7. The van der Waals surface area contributed by atoms with Crippen LogP contribution in [0.2, 0.25) is 0 Å². The van der Waals surface area contributed by atoms with Gasteiger partial charge in [-0.1, -0.05) is 206 Å². The first-order valence-electron chi connectivity index (χ1n) is 32.1. The molecule has 0 radical (unpaired) electrons. The van der Waals surface area contributed by atoms with Gasteiger partial charge in [-0.15, -0.1) is 21.9 Å². The summed E-state index contributed by atoms with van der Waals surface area (Å²) in [6.07, 6.45) is 40.4. The molecule has 0 saturated carbocycles. The van der Waals surface area contributed by atoms with Crippen molar-refractivity contribution in [2.75, 3.05) is 0 Å². The molecular formula is C68H78BF20IO2. The fourth-order valence-corrected chi connectivity index (χ4v) is 13.8. The van der Waals surface area contributed by atoms with Crippen LogP contribution in [0.15, 0.2) is 33.1 Å². The molecule has 6 aromatic rings. The van der Waals surface area contributed by atoms with Gasteiger partial charge in [0.2, 0.25) is 0 Å². The summed E-state index contributed by atoms with van der Waals surface area (Å²) in [6, 6.07) is 8.82. The van der Waals surface area contributed by atoms with E-state index in [-0.39, 0.29) is 21.2 Å². The molecule has 2 nitrogen and oxygen atoms in total. The van der Waals surface area contributed by atoms with Gasteiger partial charge in [-0.2, -0.15) is 0 Å². The lowest BCUT2D eigenvalue weighted by Gasteiger charge is -2.44. The highest BCUT2D eigenvalue weighted by Gasteiger charge is 2.52. The quantitative estimate of drug-likeness (QED) is 0.00957. The maximum Gasteiger partial charge on any atom is 0.442 e. The van der Waals surface area contributed by atoms with Crippen molar-refractivity contribution in [3.05, 3.63) is 160 Å². The third-order valence-electron chi connectivity index (χ3n) is 16.7. The Kier molecular flexibility index (Phi) is 32.9. The van der Waals surface area contributed by atoms with E-state index in [1.54, 1.807) is 0 Å². The van der Waals surface area contributed by atoms with Crippen molar-refractivity contribution in [3.8, 4) is 0 Å². The van der Waals surface area contributed by atoms with Gasteiger partial charge in [0.05, 0.1) is 0 Å². The van der Waals surface area contributed by atoms with Gasteiger partial charge in [0, 0.05) is 25.0 Å². The summed E-state index contributed by atoms with van der Waals surface area (Å²) in [4.78, 5) is 0. The zero-order valence-corrected chi connectivity index (χ0v) is 53.8. The minimum Gasteiger partial charge on any atom is -0.423 e. The summed E-state index contributed by atoms with van der Waals surface area (Å²) in [5.41, 5.74) is -14.3. The normalized spacial score (nSPS) is 11.8. The van der Waals surface area contributed by atoms with E-state index in [1.807, 2.05) is 0 Å². The maximum atomic E-state index is 15.4. The largest absolute Gasteiger partial charge is 0.442 e. The van der Waals surface area contributed by atoms with Gasteiger partial charge in [0.1, 0.15) is 64.2 Å². The van der Waals surface area contributed by atoms with E-state index in [4.69, 9.17) is 8.83 Å². The molecule has 0 bridgehead atoms. The molecule has 0 saturated heterocycles. The van der Waals surface area contributed by atoms with E-state index in [0.717, 1.165) is 20.4 Å². The summed E-state index contributed by atoms with van der Waals surface area (Å²) in [6.45, 7) is 4.60. The first-order valence-corrected chi connectivity index (χ1v) is 34.2. The Morgan fingerprint density at radius 3 is 0.576 bits per heavy atom. The number of benzene rings is 4. The first-order chi connectivity index (χ1) is 44.0. The van der Waals surface area contributed by atoms with Crippen molar-refractivity contribution in [1.82, 2.24) is 0 Å². The number of unbranched alkanes of at least 4 members (excludes halogenated alkanes) is 30. The Hall–Kier alpha value is -5.17. The van der Waals surface area contributed by atoms with Crippen LogP contribution in [0.1, 0.15) is 231 Å². The summed E-state index contributed by atoms with van der Waals surface area (Å²) in [7, 11) is 0. The predicted octanol–water partition coefficient (Wildman–Crippen LogP) is 18.5. The highest BCUT2D eigenvalue weighted by atomic mass is 127. The molecule has 0 fully saturated rings. The third kappa shape index (κ3) is 20.0. The molecule has 0 atom stereocenters. The molecular weight excluding hydrogens is 1370 g/mol. The van der Waals surface area contributed by atoms with Crippen molar-refractivity contribution >= 4 is 28.0 Å². The second kappa shape index (κ2) is 39.0. The minimum atomic E-state index is -7.22. The number of rotatable bonds is 40. The van der Waals surface area contributed by atoms with Gasteiger partial charge in [0.15, 0.2) is 69.8 Å². The number of hydrogen-bond acceptors (Lipinski definition) is 2. The molecule has 0 amide bonds. The van der Waals surface area contributed by atoms with Gasteiger partial charge in [-0.25, -0.2) is 87.8 Å². The van der Waals surface area contributed by atoms with Crippen LogP contribution in [0.25, 0.3) is 0 Å². The fraction of sp³-hybridized carbons (Fsp3) is 0.529. The molecule has 4 aromatic carbocycles. The standard InChI is InChI=1S/C44H78IO2.C24BF20/c1-3-5-7-9-11-13-15-17-19-21-23-25-27-29-31-33-35-41-37-39-43(46-41)45-44-40-38-42(47-44)36-34-32-30-28-26-24-22-20-18-16-14-12-10-8-6-4-2;26-5-1(6(27)14(35)21(42)13(5)34)25(2-7(28)15(36)22(43)16(37)8(2)29,3-9(30)17(38)23(44)18(39)10(3)31)4-11(32)19(40)24(45)20(41)12(4)33/h37-40H,3-36H2,1-2H3;/q+1;-1. The lowest BCUT2D eigenvalue weighted by Crippen LogP contribution is -3.61. The number of hydrogen-bond donors (Lipinski definition) is 0. The maximum absolute atomic E-state index is 15.4. The Morgan fingerprint density at radius 2 is 0.391 bits per heavy atom. The zero-order valence-electron chi connectivity index (χ0n) is 51.7. The Bertz CT molecular complexity index is 2820. The molecule has 0 aliphatic carbocycles. The highest BCUT2D eigenvalue weighted by Crippen LogP contribution is 2.31. The van der Waals surface area contributed by atoms with E-state index >= 15 is 35.1 Å². The van der Waals surface area contributed by atoms with Crippen molar-refractivity contribution < 1.29 is 118 Å². The monoisotopic (exact) mass is 1440 g/mol. The summed E-state index contributed by atoms with van der Waals surface area (Å²) in [5, 5.41) is 0. The van der Waals surface area contributed by atoms with Crippen molar-refractivity contribution in [3.63, 3.8) is 0 Å². The smallest absolute Gasteiger partial charge is 0.423 e. The van der Waals surface area contributed by atoms with Gasteiger partial charge >= 0.3 is 28.7 Å². The first kappa shape index (κ1) is 77.5. The summed E-state index contributed by atoms with van der Waals surface area (Å²) in [5.74, 6) is -69.1. The van der Waals surface area contributed by atoms with E-state index in [2.05, 4.69) is 38.1 Å². The topological polar surface area (TPSA) is 26.3 Å². The number of furan rings is 2. The average Bonchev–Trinajstić information content (AvgIpc) is 0.779. The van der Waals surface area contributed by atoms with Gasteiger partial charge < -0.3 is 8.83 Å². The molecule has 6 rings (SSSR count). The molecule has 92 heavy (non-hydrogen) atoms. The molecule has 0 unspecified atom stereocenters. The number of halogens is 21. The molecule has 0 N–H and O–H groups in total. The third-order valence-corrected chi connectivity index (χ3v) is 18.9. The molecule has 0 aliphatic heterocycles. The van der Waals surface area contributed by atoms with Crippen LogP contribution in [0.3, 0.4) is 0 Å². The van der Waals surface area contributed by atoms with Crippen LogP contribution in [-0.2, 0) is 12.8 Å². The minimum absolute atomic E-state index is 0.346. The average molecular weight is 1450 g/mol. The summed E-state index contributed by atoms with van der Waals surface area (Å²) >= 11 is -0.346. The van der Waals surface area contributed by atoms with E-state index in [0.29, 0.717) is 0 Å². The molecule has 0 aliphatic rings. The molecule has 512 valence electrons. The van der Waals surface area contributed by atoms with Crippen molar-refractivity contribution in [2.24, 2.45) is 0 Å². The predicted molar refractivity (Wildman–Crippen MR) is 311 cm³/mol. The Balaban J connectivity index is 0.000000334. The van der Waals surface area contributed by atoms with Crippen LogP contribution in [0.5, 0.6) is 0 Å². The van der Waals surface area contributed by atoms with Crippen LogP contribution < -0.4 is 43.1 Å². The van der Waals surface area contributed by atoms with Crippen molar-refractivity contribution in [2.45, 2.75) is 232 Å². The van der Waals surface area contributed by atoms with E-state index in [1.165, 1.54) is 217 Å². The van der Waals surface area contributed by atoms with E-state index in [9.17, 15) is 52.7 Å².